The zero-order valence-corrected chi connectivity index (χ0v) is 13.7. The van der Waals surface area contributed by atoms with Gasteiger partial charge in [-0.05, 0) is 46.7 Å². The number of rotatable bonds is 9. The van der Waals surface area contributed by atoms with Crippen molar-refractivity contribution in [2.45, 2.75) is 52.5 Å². The largest absolute Gasteiger partial charge is 0.394 e. The molecule has 0 fully saturated rings. The molecule has 0 aliphatic rings. The second-order valence-electron chi connectivity index (χ2n) is 5.79. The van der Waals surface area contributed by atoms with E-state index < -0.39 is 0 Å². The molecule has 0 bridgehead atoms. The van der Waals surface area contributed by atoms with Gasteiger partial charge in [0.15, 0.2) is 0 Å². The third-order valence-corrected chi connectivity index (χ3v) is 3.76. The molecule has 0 aromatic carbocycles. The first kappa shape index (κ1) is 16.8. The summed E-state index contributed by atoms with van der Waals surface area (Å²) < 4.78 is 1.86. The van der Waals surface area contributed by atoms with Crippen molar-refractivity contribution in [2.75, 3.05) is 31.2 Å². The van der Waals surface area contributed by atoms with Crippen molar-refractivity contribution >= 4 is 11.5 Å². The van der Waals surface area contributed by atoms with Gasteiger partial charge in [-0.2, -0.15) is 5.10 Å². The lowest BCUT2D eigenvalue weighted by Gasteiger charge is -2.20. The van der Waals surface area contributed by atoms with Gasteiger partial charge in [-0.1, -0.05) is 13.3 Å². The van der Waals surface area contributed by atoms with Crippen molar-refractivity contribution in [1.29, 1.82) is 0 Å². The van der Waals surface area contributed by atoms with Crippen LogP contribution in [0.5, 0.6) is 0 Å². The van der Waals surface area contributed by atoms with Crippen LogP contribution < -0.4 is 11.1 Å². The summed E-state index contributed by atoms with van der Waals surface area (Å²) in [7, 11) is 4.12. The Kier molecular flexibility index (Phi) is 6.85. The predicted octanol–water partition coefficient (Wildman–Crippen LogP) is 2.49. The minimum absolute atomic E-state index is 0.618. The zero-order chi connectivity index (χ0) is 15.1. The molecule has 0 radical (unpaired) electrons. The first-order chi connectivity index (χ1) is 9.47. The summed E-state index contributed by atoms with van der Waals surface area (Å²) in [5, 5.41) is 7.89. The van der Waals surface area contributed by atoms with Crippen LogP contribution in [0.15, 0.2) is 0 Å². The predicted molar refractivity (Wildman–Crippen MR) is 87.1 cm³/mol. The zero-order valence-electron chi connectivity index (χ0n) is 13.7. The van der Waals surface area contributed by atoms with Crippen LogP contribution in [-0.2, 0) is 13.5 Å². The summed E-state index contributed by atoms with van der Waals surface area (Å²) in [4.78, 5) is 2.37. The van der Waals surface area contributed by atoms with Gasteiger partial charge in [0.05, 0.1) is 11.4 Å². The standard InChI is InChI=1S/C15H31N5/c1-6-9-13-14(16)15(20(5)18-13)17-10-7-8-11-19(4)12(2)3/h12,17H,6-11,16H2,1-5H3. The molecule has 0 amide bonds. The van der Waals surface area contributed by atoms with Gasteiger partial charge in [-0.25, -0.2) is 0 Å². The summed E-state index contributed by atoms with van der Waals surface area (Å²) in [6.45, 7) is 8.68. The molecule has 5 nitrogen and oxygen atoms in total. The highest BCUT2D eigenvalue weighted by Gasteiger charge is 2.11. The van der Waals surface area contributed by atoms with Gasteiger partial charge in [0.2, 0.25) is 0 Å². The lowest BCUT2D eigenvalue weighted by molar-refractivity contribution is 0.269. The van der Waals surface area contributed by atoms with E-state index >= 15 is 0 Å². The van der Waals surface area contributed by atoms with E-state index in [1.807, 2.05) is 11.7 Å². The fourth-order valence-corrected chi connectivity index (χ4v) is 2.18. The van der Waals surface area contributed by atoms with E-state index in [1.165, 1.54) is 6.42 Å². The molecule has 0 aliphatic heterocycles. The Balaban J connectivity index is 2.35. The van der Waals surface area contributed by atoms with Crippen molar-refractivity contribution in [1.82, 2.24) is 14.7 Å². The Labute approximate surface area is 123 Å². The van der Waals surface area contributed by atoms with Crippen LogP contribution in [0.2, 0.25) is 0 Å². The lowest BCUT2D eigenvalue weighted by Crippen LogP contribution is -2.27. The van der Waals surface area contributed by atoms with Crippen molar-refractivity contribution in [3.63, 3.8) is 0 Å². The number of anilines is 2. The molecule has 1 rings (SSSR count). The normalized spacial score (nSPS) is 11.6. The number of nitrogens with zero attached hydrogens (tertiary/aromatic N) is 3. The third-order valence-electron chi connectivity index (χ3n) is 3.76. The van der Waals surface area contributed by atoms with Crippen molar-refractivity contribution in [3.05, 3.63) is 5.69 Å². The van der Waals surface area contributed by atoms with Crippen LogP contribution in [0.4, 0.5) is 11.5 Å². The second kappa shape index (κ2) is 8.15. The number of nitrogen functional groups attached to an aromatic ring is 1. The highest BCUT2D eigenvalue weighted by Crippen LogP contribution is 2.22. The number of nitrogens with two attached hydrogens (primary N) is 1. The maximum Gasteiger partial charge on any atom is 0.147 e. The molecule has 0 aliphatic carbocycles. The summed E-state index contributed by atoms with van der Waals surface area (Å²) in [6, 6.07) is 0.618. The molecule has 0 atom stereocenters. The maximum absolute atomic E-state index is 6.14. The highest BCUT2D eigenvalue weighted by atomic mass is 15.3. The SMILES string of the molecule is CCCc1nn(C)c(NCCCCN(C)C(C)C)c1N. The molecule has 1 aromatic rings. The molecule has 0 spiro atoms. The smallest absolute Gasteiger partial charge is 0.147 e. The number of hydrogen-bond donors (Lipinski definition) is 2. The highest BCUT2D eigenvalue weighted by molar-refractivity contribution is 5.64. The van der Waals surface area contributed by atoms with Gasteiger partial charge in [0.25, 0.3) is 0 Å². The van der Waals surface area contributed by atoms with E-state index in [0.717, 1.165) is 49.6 Å². The summed E-state index contributed by atoms with van der Waals surface area (Å²) >= 11 is 0. The van der Waals surface area contributed by atoms with E-state index in [1.54, 1.807) is 0 Å². The molecule has 5 heteroatoms. The summed E-state index contributed by atoms with van der Waals surface area (Å²) in [6.07, 6.45) is 4.36. The van der Waals surface area contributed by atoms with E-state index in [-0.39, 0.29) is 0 Å². The number of nitrogens with one attached hydrogen (secondary N) is 1. The molecule has 0 saturated heterocycles. The molecular formula is C15H31N5. The van der Waals surface area contributed by atoms with Gasteiger partial charge in [0.1, 0.15) is 5.82 Å². The molecule has 0 unspecified atom stereocenters. The Morgan fingerprint density at radius 3 is 2.65 bits per heavy atom. The number of hydrogen-bond acceptors (Lipinski definition) is 4. The van der Waals surface area contributed by atoms with Crippen LogP contribution in [0.1, 0.15) is 45.7 Å². The lowest BCUT2D eigenvalue weighted by atomic mass is 10.2. The molecule has 3 N–H and O–H groups in total. The molecule has 20 heavy (non-hydrogen) atoms. The van der Waals surface area contributed by atoms with Gasteiger partial charge < -0.3 is 16.0 Å². The minimum atomic E-state index is 0.618. The van der Waals surface area contributed by atoms with Crippen molar-refractivity contribution in [3.8, 4) is 0 Å². The maximum atomic E-state index is 6.14. The van der Waals surface area contributed by atoms with Crippen LogP contribution in [0, 0.1) is 0 Å². The Bertz CT molecular complexity index is 397. The minimum Gasteiger partial charge on any atom is -0.394 e. The topological polar surface area (TPSA) is 59.1 Å². The van der Waals surface area contributed by atoms with Crippen molar-refractivity contribution in [2.24, 2.45) is 7.05 Å². The molecule has 1 heterocycles. The quantitative estimate of drug-likeness (QED) is 0.683. The second-order valence-corrected chi connectivity index (χ2v) is 5.79. The molecule has 1 aromatic heterocycles. The monoisotopic (exact) mass is 281 g/mol. The summed E-state index contributed by atoms with van der Waals surface area (Å²) in [5.41, 5.74) is 7.96. The first-order valence-electron chi connectivity index (χ1n) is 7.72. The number of aryl methyl sites for hydroxylation is 2. The van der Waals surface area contributed by atoms with E-state index in [9.17, 15) is 0 Å². The van der Waals surface area contributed by atoms with Gasteiger partial charge in [-0.15, -0.1) is 0 Å². The fourth-order valence-electron chi connectivity index (χ4n) is 2.18. The molecule has 0 saturated carbocycles. The molecular weight excluding hydrogens is 250 g/mol. The van der Waals surface area contributed by atoms with Gasteiger partial charge >= 0.3 is 0 Å². The van der Waals surface area contributed by atoms with Crippen LogP contribution >= 0.6 is 0 Å². The van der Waals surface area contributed by atoms with Crippen LogP contribution in [0.25, 0.3) is 0 Å². The average Bonchev–Trinajstić information content (AvgIpc) is 2.65. The Hall–Kier alpha value is -1.23. The Morgan fingerprint density at radius 2 is 2.05 bits per heavy atom. The molecule has 116 valence electrons. The first-order valence-corrected chi connectivity index (χ1v) is 7.72. The average molecular weight is 281 g/mol. The van der Waals surface area contributed by atoms with E-state index in [2.05, 4.69) is 43.1 Å². The van der Waals surface area contributed by atoms with E-state index in [0.29, 0.717) is 6.04 Å². The Morgan fingerprint density at radius 1 is 1.35 bits per heavy atom. The number of unbranched alkanes of at least 4 members (excludes halogenated alkanes) is 1. The van der Waals surface area contributed by atoms with E-state index in [4.69, 9.17) is 5.73 Å². The number of aromatic nitrogens is 2. The van der Waals surface area contributed by atoms with Gasteiger partial charge in [0, 0.05) is 19.6 Å². The fraction of sp³-hybridized carbons (Fsp3) is 0.800. The third kappa shape index (κ3) is 4.71. The summed E-state index contributed by atoms with van der Waals surface area (Å²) in [5.74, 6) is 0.964. The van der Waals surface area contributed by atoms with Gasteiger partial charge in [-0.3, -0.25) is 4.68 Å². The van der Waals surface area contributed by atoms with Crippen molar-refractivity contribution < 1.29 is 0 Å². The van der Waals surface area contributed by atoms with Crippen LogP contribution in [0.3, 0.4) is 0 Å². The van der Waals surface area contributed by atoms with Crippen LogP contribution in [-0.4, -0.2) is 40.9 Å².